The third kappa shape index (κ3) is 3.43. The van der Waals surface area contributed by atoms with Crippen LogP contribution in [0.15, 0.2) is 77.2 Å². The van der Waals surface area contributed by atoms with Crippen molar-refractivity contribution in [1.29, 1.82) is 0 Å². The number of carbonyl (C=O) groups is 1. The molecule has 1 aliphatic heterocycles. The number of hydrogen-bond acceptors (Lipinski definition) is 4. The zero-order valence-electron chi connectivity index (χ0n) is 16.9. The lowest BCUT2D eigenvalue weighted by molar-refractivity contribution is 0.0748. The van der Waals surface area contributed by atoms with E-state index in [0.717, 1.165) is 29.8 Å². The highest BCUT2D eigenvalue weighted by Crippen LogP contribution is 2.27. The van der Waals surface area contributed by atoms with E-state index in [-0.39, 0.29) is 5.91 Å². The van der Waals surface area contributed by atoms with Crippen molar-refractivity contribution in [2.45, 2.75) is 6.92 Å². The van der Waals surface area contributed by atoms with Crippen LogP contribution in [0, 0.1) is 6.92 Å². The van der Waals surface area contributed by atoms with Crippen LogP contribution in [-0.4, -0.2) is 42.0 Å². The number of para-hydroxylation sites is 2. The van der Waals surface area contributed by atoms with Gasteiger partial charge in [-0.25, -0.2) is 4.98 Å². The van der Waals surface area contributed by atoms with E-state index in [4.69, 9.17) is 9.40 Å². The summed E-state index contributed by atoms with van der Waals surface area (Å²) in [6.07, 6.45) is 0. The summed E-state index contributed by atoms with van der Waals surface area (Å²) < 4.78 is 5.77. The summed E-state index contributed by atoms with van der Waals surface area (Å²) in [5.74, 6) is 1.55. The Kier molecular flexibility index (Phi) is 4.71. The zero-order chi connectivity index (χ0) is 20.5. The Hall–Kier alpha value is -3.60. The van der Waals surface area contributed by atoms with Gasteiger partial charge in [-0.2, -0.15) is 0 Å². The van der Waals surface area contributed by atoms with Gasteiger partial charge in [-0.15, -0.1) is 0 Å². The maximum atomic E-state index is 13.5. The fraction of sp³-hybridized carbons (Fsp3) is 0.200. The molecule has 1 amide bonds. The van der Waals surface area contributed by atoms with Crippen LogP contribution in [0.2, 0.25) is 0 Å². The Bertz CT molecular complexity index is 1190. The Morgan fingerprint density at radius 1 is 0.900 bits per heavy atom. The number of aromatic nitrogens is 1. The number of benzene rings is 2. The van der Waals surface area contributed by atoms with E-state index in [1.165, 1.54) is 5.69 Å². The lowest BCUT2D eigenvalue weighted by Gasteiger charge is -2.36. The number of anilines is 1. The van der Waals surface area contributed by atoms with Crippen LogP contribution in [0.4, 0.5) is 5.69 Å². The summed E-state index contributed by atoms with van der Waals surface area (Å²) in [5, 5.41) is 0.875. The molecule has 30 heavy (non-hydrogen) atoms. The van der Waals surface area contributed by atoms with E-state index in [1.54, 1.807) is 0 Å². The van der Waals surface area contributed by atoms with Crippen LogP contribution in [0.5, 0.6) is 0 Å². The monoisotopic (exact) mass is 397 g/mol. The van der Waals surface area contributed by atoms with E-state index in [0.29, 0.717) is 30.1 Å². The summed E-state index contributed by atoms with van der Waals surface area (Å²) in [6.45, 7) is 4.94. The molecule has 0 radical (unpaired) electrons. The minimum absolute atomic E-state index is 0.0471. The lowest BCUT2D eigenvalue weighted by atomic mass is 10.0. The van der Waals surface area contributed by atoms with Gasteiger partial charge in [0, 0.05) is 37.3 Å². The fourth-order valence-electron chi connectivity index (χ4n) is 4.03. The van der Waals surface area contributed by atoms with Crippen molar-refractivity contribution < 1.29 is 9.21 Å². The molecule has 150 valence electrons. The molecule has 5 nitrogen and oxygen atoms in total. The molecular formula is C25H23N3O2. The quantitative estimate of drug-likeness (QED) is 0.500. The van der Waals surface area contributed by atoms with Gasteiger partial charge in [0.05, 0.1) is 11.1 Å². The van der Waals surface area contributed by atoms with Crippen LogP contribution in [-0.2, 0) is 0 Å². The average molecular weight is 397 g/mol. The molecule has 0 saturated carbocycles. The molecule has 0 bridgehead atoms. The van der Waals surface area contributed by atoms with Gasteiger partial charge >= 0.3 is 0 Å². The smallest absolute Gasteiger partial charge is 0.254 e. The molecule has 0 atom stereocenters. The van der Waals surface area contributed by atoms with Crippen molar-refractivity contribution in [3.8, 4) is 11.5 Å². The Labute approximate surface area is 175 Å². The number of hydrogen-bond donors (Lipinski definition) is 0. The molecule has 0 unspecified atom stereocenters. The maximum absolute atomic E-state index is 13.5. The van der Waals surface area contributed by atoms with Crippen molar-refractivity contribution >= 4 is 22.5 Å². The van der Waals surface area contributed by atoms with E-state index in [9.17, 15) is 4.79 Å². The summed E-state index contributed by atoms with van der Waals surface area (Å²) in [6, 6.07) is 23.8. The third-order valence-electron chi connectivity index (χ3n) is 5.63. The minimum atomic E-state index is 0.0471. The summed E-state index contributed by atoms with van der Waals surface area (Å²) >= 11 is 0. The number of nitrogens with zero attached hydrogens (tertiary/aromatic N) is 3. The molecule has 0 aliphatic carbocycles. The molecule has 5 rings (SSSR count). The summed E-state index contributed by atoms with van der Waals surface area (Å²) in [4.78, 5) is 22.5. The minimum Gasteiger partial charge on any atom is -0.460 e. The molecule has 5 heteroatoms. The molecule has 0 spiro atoms. The third-order valence-corrected chi connectivity index (χ3v) is 5.63. The first-order valence-corrected chi connectivity index (χ1v) is 10.2. The van der Waals surface area contributed by atoms with Crippen molar-refractivity contribution in [2.24, 2.45) is 0 Å². The molecule has 1 saturated heterocycles. The maximum Gasteiger partial charge on any atom is 0.254 e. The van der Waals surface area contributed by atoms with Gasteiger partial charge in [0.25, 0.3) is 5.91 Å². The molecule has 0 N–H and O–H groups in total. The number of carbonyl (C=O) groups excluding carboxylic acids is 1. The van der Waals surface area contributed by atoms with Gasteiger partial charge in [0.1, 0.15) is 11.5 Å². The lowest BCUT2D eigenvalue weighted by Crippen LogP contribution is -2.48. The van der Waals surface area contributed by atoms with Gasteiger partial charge in [-0.1, -0.05) is 36.4 Å². The molecule has 2 aromatic carbocycles. The number of pyridine rings is 1. The Morgan fingerprint density at radius 2 is 1.63 bits per heavy atom. The van der Waals surface area contributed by atoms with Gasteiger partial charge in [-0.05, 0) is 43.3 Å². The molecule has 3 heterocycles. The molecule has 2 aromatic heterocycles. The largest absolute Gasteiger partial charge is 0.460 e. The number of rotatable bonds is 3. The second kappa shape index (κ2) is 7.67. The van der Waals surface area contributed by atoms with Gasteiger partial charge in [-0.3, -0.25) is 4.79 Å². The van der Waals surface area contributed by atoms with Gasteiger partial charge in [0.2, 0.25) is 0 Å². The van der Waals surface area contributed by atoms with E-state index in [1.807, 2.05) is 72.5 Å². The summed E-state index contributed by atoms with van der Waals surface area (Å²) in [5.41, 5.74) is 3.37. The zero-order valence-corrected chi connectivity index (χ0v) is 16.9. The highest BCUT2D eigenvalue weighted by atomic mass is 16.3. The van der Waals surface area contributed by atoms with Crippen LogP contribution in [0.25, 0.3) is 22.4 Å². The van der Waals surface area contributed by atoms with Crippen LogP contribution in [0.3, 0.4) is 0 Å². The second-order valence-corrected chi connectivity index (χ2v) is 7.60. The first kappa shape index (κ1) is 18.4. The predicted molar refractivity (Wildman–Crippen MR) is 119 cm³/mol. The van der Waals surface area contributed by atoms with Crippen molar-refractivity contribution in [1.82, 2.24) is 9.88 Å². The van der Waals surface area contributed by atoms with Crippen molar-refractivity contribution in [2.75, 3.05) is 31.1 Å². The van der Waals surface area contributed by atoms with Gasteiger partial charge < -0.3 is 14.2 Å². The predicted octanol–water partition coefficient (Wildman–Crippen LogP) is 4.77. The number of furan rings is 1. The Morgan fingerprint density at radius 3 is 2.37 bits per heavy atom. The highest BCUT2D eigenvalue weighted by Gasteiger charge is 2.24. The Balaban J connectivity index is 1.45. The number of piperazine rings is 1. The first-order chi connectivity index (χ1) is 14.7. The number of aryl methyl sites for hydroxylation is 1. The van der Waals surface area contributed by atoms with E-state index in [2.05, 4.69) is 17.0 Å². The second-order valence-electron chi connectivity index (χ2n) is 7.60. The van der Waals surface area contributed by atoms with Crippen LogP contribution < -0.4 is 4.90 Å². The molecular weight excluding hydrogens is 374 g/mol. The molecule has 4 aromatic rings. The van der Waals surface area contributed by atoms with Crippen LogP contribution >= 0.6 is 0 Å². The first-order valence-electron chi connectivity index (χ1n) is 10.2. The molecule has 1 fully saturated rings. The van der Waals surface area contributed by atoms with E-state index < -0.39 is 0 Å². The average Bonchev–Trinajstić information content (AvgIpc) is 3.25. The highest BCUT2D eigenvalue weighted by molar-refractivity contribution is 6.07. The molecule has 1 aliphatic rings. The summed E-state index contributed by atoms with van der Waals surface area (Å²) in [7, 11) is 0. The van der Waals surface area contributed by atoms with Crippen LogP contribution in [0.1, 0.15) is 16.1 Å². The van der Waals surface area contributed by atoms with Crippen molar-refractivity contribution in [3.05, 3.63) is 84.1 Å². The number of amides is 1. The number of fused-ring (bicyclic) bond motifs is 1. The fourth-order valence-corrected chi connectivity index (χ4v) is 4.03. The van der Waals surface area contributed by atoms with E-state index >= 15 is 0 Å². The van der Waals surface area contributed by atoms with Crippen molar-refractivity contribution in [3.63, 3.8) is 0 Å². The normalized spacial score (nSPS) is 14.3. The topological polar surface area (TPSA) is 49.6 Å². The standard InChI is InChI=1S/C25H23N3O2/c1-18-11-12-24(30-18)23-17-21(20-9-5-6-10-22(20)26-23)25(29)28-15-13-27(14-16-28)19-7-3-2-4-8-19/h2-12,17H,13-16H2,1H3. The SMILES string of the molecule is Cc1ccc(-c2cc(C(=O)N3CCN(c4ccccc4)CC3)c3ccccc3n2)o1. The van der Waals surface area contributed by atoms with Gasteiger partial charge in [0.15, 0.2) is 5.76 Å².